The van der Waals surface area contributed by atoms with Crippen LogP contribution in [0.5, 0.6) is 5.75 Å². The molecule has 1 aromatic carbocycles. The number of fused-ring (bicyclic) bond motifs is 1. The molecule has 3 heterocycles. The molecule has 2 aromatic heterocycles. The van der Waals surface area contributed by atoms with Gasteiger partial charge in [0, 0.05) is 38.3 Å². The number of aryl methyl sites for hydroxylation is 1. The third-order valence-electron chi connectivity index (χ3n) is 8.21. The minimum atomic E-state index is -0.307. The lowest BCUT2D eigenvalue weighted by molar-refractivity contribution is 0.0939. The summed E-state index contributed by atoms with van der Waals surface area (Å²) in [4.78, 5) is 30.1. The Morgan fingerprint density at radius 2 is 1.87 bits per heavy atom. The Morgan fingerprint density at radius 3 is 2.53 bits per heavy atom. The number of nitrogens with zero attached hydrogens (tertiary/aromatic N) is 6. The Balaban J connectivity index is 1.38. The molecule has 3 atom stereocenters. The average molecular weight is 515 g/mol. The van der Waals surface area contributed by atoms with Crippen molar-refractivity contribution in [1.29, 1.82) is 0 Å². The molecule has 1 saturated heterocycles. The molecule has 1 saturated carbocycles. The maximum Gasteiger partial charge on any atom is 0.350 e. The molecule has 8 nitrogen and oxygen atoms in total. The van der Waals surface area contributed by atoms with E-state index in [-0.39, 0.29) is 17.8 Å². The zero-order valence-electron chi connectivity index (χ0n) is 22.9. The van der Waals surface area contributed by atoms with Crippen molar-refractivity contribution in [1.82, 2.24) is 19.4 Å². The van der Waals surface area contributed by atoms with Crippen molar-refractivity contribution in [3.05, 3.63) is 63.9 Å². The van der Waals surface area contributed by atoms with E-state index in [2.05, 4.69) is 69.6 Å². The van der Waals surface area contributed by atoms with Gasteiger partial charge in [-0.25, -0.2) is 4.79 Å². The molecule has 38 heavy (non-hydrogen) atoms. The van der Waals surface area contributed by atoms with Crippen LogP contribution in [0, 0.1) is 12.5 Å². The first-order chi connectivity index (χ1) is 18.4. The Hall–Kier alpha value is -3.44. The third kappa shape index (κ3) is 5.25. The Morgan fingerprint density at radius 1 is 1.11 bits per heavy atom. The maximum absolute atomic E-state index is 12.8. The number of hydrogen-bond donors (Lipinski definition) is 0. The second kappa shape index (κ2) is 11.1. The SMILES string of the molecule is [C-]#[N+]c1ccc2c(n1)c(N1C[C@@H](CC)N(C(CC)c3ccc(OCCC4CC4)cc3)C[C@@H]1C)nc(=O)n2C. The van der Waals surface area contributed by atoms with Gasteiger partial charge in [-0.3, -0.25) is 9.47 Å². The first-order valence-electron chi connectivity index (χ1n) is 13.9. The summed E-state index contributed by atoms with van der Waals surface area (Å²) in [6.45, 7) is 16.5. The topological polar surface area (TPSA) is 67.9 Å². The van der Waals surface area contributed by atoms with Crippen molar-refractivity contribution in [3.63, 3.8) is 0 Å². The second-order valence-electron chi connectivity index (χ2n) is 10.8. The van der Waals surface area contributed by atoms with Crippen LogP contribution in [0.1, 0.15) is 64.5 Å². The number of pyridine rings is 1. The molecule has 0 spiro atoms. The molecule has 0 amide bonds. The lowest BCUT2D eigenvalue weighted by Gasteiger charge is -2.48. The number of ether oxygens (including phenoxy) is 1. The van der Waals surface area contributed by atoms with Crippen LogP contribution >= 0.6 is 0 Å². The number of rotatable bonds is 9. The fourth-order valence-electron chi connectivity index (χ4n) is 5.76. The van der Waals surface area contributed by atoms with Gasteiger partial charge in [0.05, 0.1) is 12.1 Å². The van der Waals surface area contributed by atoms with Crippen LogP contribution in [-0.4, -0.2) is 51.2 Å². The van der Waals surface area contributed by atoms with Gasteiger partial charge in [0.25, 0.3) is 5.82 Å². The second-order valence-corrected chi connectivity index (χ2v) is 10.8. The fourth-order valence-corrected chi connectivity index (χ4v) is 5.76. The monoisotopic (exact) mass is 514 g/mol. The summed E-state index contributed by atoms with van der Waals surface area (Å²) >= 11 is 0. The number of anilines is 1. The van der Waals surface area contributed by atoms with Crippen LogP contribution in [0.3, 0.4) is 0 Å². The van der Waals surface area contributed by atoms with Crippen LogP contribution in [0.15, 0.2) is 41.2 Å². The summed E-state index contributed by atoms with van der Waals surface area (Å²) < 4.78 is 7.49. The number of hydrogen-bond acceptors (Lipinski definition) is 6. The van der Waals surface area contributed by atoms with E-state index < -0.39 is 0 Å². The molecule has 1 unspecified atom stereocenters. The smallest absolute Gasteiger partial charge is 0.350 e. The van der Waals surface area contributed by atoms with Gasteiger partial charge in [0.2, 0.25) is 5.52 Å². The summed E-state index contributed by atoms with van der Waals surface area (Å²) in [5.41, 5.74) is 2.31. The Bertz CT molecular complexity index is 1370. The van der Waals surface area contributed by atoms with Crippen LogP contribution in [0.25, 0.3) is 15.9 Å². The van der Waals surface area contributed by atoms with E-state index in [1.54, 1.807) is 19.2 Å². The molecule has 1 aliphatic carbocycles. The van der Waals surface area contributed by atoms with Gasteiger partial charge in [-0.15, -0.1) is 4.98 Å². The van der Waals surface area contributed by atoms with Gasteiger partial charge in [0.15, 0.2) is 5.82 Å². The molecule has 2 aliphatic rings. The van der Waals surface area contributed by atoms with Crippen molar-refractivity contribution >= 4 is 22.7 Å². The minimum Gasteiger partial charge on any atom is -0.494 e. The molecule has 0 N–H and O–H groups in total. The standard InChI is InChI=1S/C30H38N6O2/c1-6-23-19-35(29-28-26(34(5)30(37)33-29)14-15-27(31-4)32-28)20(3)18-36(23)25(7-2)22-10-12-24(13-11-22)38-17-16-21-8-9-21/h10-15,20-21,23,25H,6-9,16-19H2,1-3,5H3/t20-,23+,25?/m0/s1. The highest BCUT2D eigenvalue weighted by Gasteiger charge is 2.37. The summed E-state index contributed by atoms with van der Waals surface area (Å²) in [5.74, 6) is 2.72. The highest BCUT2D eigenvalue weighted by molar-refractivity contribution is 5.87. The number of benzene rings is 1. The quantitative estimate of drug-likeness (QED) is 0.351. The average Bonchev–Trinajstić information content (AvgIpc) is 3.76. The van der Waals surface area contributed by atoms with Crippen LogP contribution in [-0.2, 0) is 7.05 Å². The summed E-state index contributed by atoms with van der Waals surface area (Å²) in [6.07, 6.45) is 5.86. The van der Waals surface area contributed by atoms with Gasteiger partial charge < -0.3 is 14.5 Å². The zero-order valence-corrected chi connectivity index (χ0v) is 22.9. The number of aromatic nitrogens is 3. The van der Waals surface area contributed by atoms with E-state index in [4.69, 9.17) is 11.3 Å². The van der Waals surface area contributed by atoms with Gasteiger partial charge in [-0.2, -0.15) is 4.98 Å². The van der Waals surface area contributed by atoms with Crippen LogP contribution in [0.4, 0.5) is 11.6 Å². The molecule has 3 aromatic rings. The van der Waals surface area contributed by atoms with E-state index in [1.165, 1.54) is 23.0 Å². The molecule has 0 radical (unpaired) electrons. The number of piperazine rings is 1. The van der Waals surface area contributed by atoms with Gasteiger partial charge >= 0.3 is 5.69 Å². The first-order valence-corrected chi connectivity index (χ1v) is 13.9. The highest BCUT2D eigenvalue weighted by Crippen LogP contribution is 2.35. The Kier molecular flexibility index (Phi) is 7.66. The van der Waals surface area contributed by atoms with Crippen molar-refractivity contribution in [2.24, 2.45) is 13.0 Å². The maximum atomic E-state index is 12.8. The molecule has 0 bridgehead atoms. The summed E-state index contributed by atoms with van der Waals surface area (Å²) in [6, 6.07) is 12.8. The summed E-state index contributed by atoms with van der Waals surface area (Å²) in [5, 5.41) is 0. The third-order valence-corrected chi connectivity index (χ3v) is 8.21. The van der Waals surface area contributed by atoms with Crippen molar-refractivity contribution in [2.45, 2.75) is 71.0 Å². The fraction of sp³-hybridized carbons (Fsp3) is 0.533. The first kappa shape index (κ1) is 26.2. The van der Waals surface area contributed by atoms with Crippen molar-refractivity contribution in [2.75, 3.05) is 24.6 Å². The molecule has 2 fully saturated rings. The lowest BCUT2D eigenvalue weighted by atomic mass is 9.96. The summed E-state index contributed by atoms with van der Waals surface area (Å²) in [7, 11) is 1.70. The predicted octanol–water partition coefficient (Wildman–Crippen LogP) is 5.50. The Labute approximate surface area is 225 Å². The van der Waals surface area contributed by atoms with Crippen molar-refractivity contribution in [3.8, 4) is 5.75 Å². The minimum absolute atomic E-state index is 0.123. The molecule has 200 valence electrons. The van der Waals surface area contributed by atoms with E-state index >= 15 is 0 Å². The molecule has 5 rings (SSSR count). The van der Waals surface area contributed by atoms with Crippen molar-refractivity contribution < 1.29 is 4.74 Å². The zero-order chi connectivity index (χ0) is 26.8. The van der Waals surface area contributed by atoms with E-state index in [0.29, 0.717) is 28.7 Å². The van der Waals surface area contributed by atoms with Gasteiger partial charge in [-0.1, -0.05) is 45.4 Å². The van der Waals surface area contributed by atoms with E-state index in [0.717, 1.165) is 50.6 Å². The van der Waals surface area contributed by atoms with Crippen LogP contribution < -0.4 is 15.3 Å². The molecule has 8 heteroatoms. The normalized spacial score (nSPS) is 20.9. The van der Waals surface area contributed by atoms with Crippen LogP contribution in [0.2, 0.25) is 0 Å². The van der Waals surface area contributed by atoms with E-state index in [9.17, 15) is 4.79 Å². The largest absolute Gasteiger partial charge is 0.494 e. The lowest BCUT2D eigenvalue weighted by Crippen LogP contribution is -2.58. The predicted molar refractivity (Wildman–Crippen MR) is 151 cm³/mol. The molecular formula is C30H38N6O2. The van der Waals surface area contributed by atoms with Gasteiger partial charge in [0.1, 0.15) is 5.75 Å². The molecular weight excluding hydrogens is 476 g/mol. The van der Waals surface area contributed by atoms with Gasteiger partial charge in [-0.05, 0) is 61.9 Å². The highest BCUT2D eigenvalue weighted by atomic mass is 16.5. The van der Waals surface area contributed by atoms with E-state index in [1.807, 2.05) is 0 Å². The molecule has 1 aliphatic heterocycles.